The third-order valence-corrected chi connectivity index (χ3v) is 4.05. The highest BCUT2D eigenvalue weighted by Gasteiger charge is 2.34. The molecule has 0 N–H and O–H groups in total. The van der Waals surface area contributed by atoms with E-state index in [-0.39, 0.29) is 17.6 Å². The normalized spacial score (nSPS) is 15.8. The van der Waals surface area contributed by atoms with Gasteiger partial charge in [-0.3, -0.25) is 9.59 Å². The molecule has 1 aliphatic rings. The van der Waals surface area contributed by atoms with Crippen LogP contribution in [0, 0.1) is 0 Å². The van der Waals surface area contributed by atoms with Crippen molar-refractivity contribution < 1.29 is 23.8 Å². The minimum absolute atomic E-state index is 0.139. The fourth-order valence-corrected chi connectivity index (χ4v) is 2.74. The average Bonchev–Trinajstić information content (AvgIpc) is 3.07. The van der Waals surface area contributed by atoms with Gasteiger partial charge in [0.05, 0.1) is 12.7 Å². The maximum Gasteiger partial charge on any atom is 0.308 e. The van der Waals surface area contributed by atoms with Gasteiger partial charge in [-0.1, -0.05) is 29.8 Å². The number of hydrazone groups is 1. The lowest BCUT2D eigenvalue weighted by atomic mass is 10.1. The third kappa shape index (κ3) is 3.88. The molecular weight excluding hydrogens is 372 g/mol. The Balaban J connectivity index is 2.02. The third-order valence-electron chi connectivity index (χ3n) is 3.80. The van der Waals surface area contributed by atoms with Crippen molar-refractivity contribution in [2.45, 2.75) is 20.1 Å². The molecule has 140 valence electrons. The van der Waals surface area contributed by atoms with Gasteiger partial charge in [-0.15, -0.1) is 5.10 Å². The maximum absolute atomic E-state index is 12.1. The first kappa shape index (κ1) is 18.7. The highest BCUT2D eigenvalue weighted by atomic mass is 35.5. The topological polar surface area (TPSA) is 77.4 Å². The van der Waals surface area contributed by atoms with Gasteiger partial charge in [-0.25, -0.2) is 0 Å². The minimum Gasteiger partial charge on any atom is -0.493 e. The second-order valence-electron chi connectivity index (χ2n) is 5.72. The van der Waals surface area contributed by atoms with E-state index in [9.17, 15) is 9.59 Å². The zero-order chi connectivity index (χ0) is 19.6. The van der Waals surface area contributed by atoms with Crippen molar-refractivity contribution in [1.82, 2.24) is 5.01 Å². The number of hydrogen-bond acceptors (Lipinski definition) is 6. The van der Waals surface area contributed by atoms with Crippen molar-refractivity contribution in [3.63, 3.8) is 0 Å². The van der Waals surface area contributed by atoms with Crippen LogP contribution >= 0.6 is 11.6 Å². The van der Waals surface area contributed by atoms with E-state index in [1.54, 1.807) is 42.5 Å². The zero-order valence-electron chi connectivity index (χ0n) is 14.9. The molecule has 0 bridgehead atoms. The number of hydrogen-bond donors (Lipinski definition) is 0. The van der Waals surface area contributed by atoms with E-state index in [4.69, 9.17) is 25.8 Å². The molecule has 27 heavy (non-hydrogen) atoms. The highest BCUT2D eigenvalue weighted by Crippen LogP contribution is 2.37. The summed E-state index contributed by atoms with van der Waals surface area (Å²) < 4.78 is 16.5. The fraction of sp³-hybridized carbons (Fsp3) is 0.211. The van der Waals surface area contributed by atoms with Crippen molar-refractivity contribution in [2.75, 3.05) is 7.11 Å². The molecule has 1 amide bonds. The smallest absolute Gasteiger partial charge is 0.308 e. The van der Waals surface area contributed by atoms with Gasteiger partial charge in [0.1, 0.15) is 0 Å². The van der Waals surface area contributed by atoms with Crippen LogP contribution in [0.1, 0.15) is 31.2 Å². The molecule has 3 rings (SSSR count). The number of ether oxygens (including phenoxy) is 3. The summed E-state index contributed by atoms with van der Waals surface area (Å²) in [6.45, 7) is 2.67. The van der Waals surface area contributed by atoms with E-state index < -0.39 is 12.2 Å². The van der Waals surface area contributed by atoms with Crippen LogP contribution in [0.25, 0.3) is 0 Å². The standard InChI is InChI=1S/C19H17ClN2O5/c1-11(23)22-19(13-7-9-14(20)10-8-13)27-18(21-22)15-5-4-6-16(25-3)17(15)26-12(2)24/h4-10,19H,1-3H3. The van der Waals surface area contributed by atoms with E-state index in [1.165, 1.54) is 26.0 Å². The van der Waals surface area contributed by atoms with Crippen LogP contribution in [0.5, 0.6) is 11.5 Å². The molecule has 0 aliphatic carbocycles. The lowest BCUT2D eigenvalue weighted by Crippen LogP contribution is -2.25. The Bertz CT molecular complexity index is 911. The largest absolute Gasteiger partial charge is 0.493 e. The quantitative estimate of drug-likeness (QED) is 0.591. The first-order valence-electron chi connectivity index (χ1n) is 8.07. The van der Waals surface area contributed by atoms with Crippen LogP contribution in [0.3, 0.4) is 0 Å². The summed E-state index contributed by atoms with van der Waals surface area (Å²) in [5.74, 6) is -0.163. The minimum atomic E-state index is -0.758. The second kappa shape index (κ2) is 7.67. The highest BCUT2D eigenvalue weighted by molar-refractivity contribution is 6.30. The van der Waals surface area contributed by atoms with Crippen LogP contribution in [-0.2, 0) is 14.3 Å². The van der Waals surface area contributed by atoms with Gasteiger partial charge in [0, 0.05) is 24.4 Å². The first-order chi connectivity index (χ1) is 12.9. The van der Waals surface area contributed by atoms with Gasteiger partial charge in [0.25, 0.3) is 0 Å². The number of halogens is 1. The molecule has 1 atom stereocenters. The number of methoxy groups -OCH3 is 1. The summed E-state index contributed by atoms with van der Waals surface area (Å²) in [6.07, 6.45) is -0.758. The SMILES string of the molecule is COc1cccc(C2=NN(C(C)=O)C(c3ccc(Cl)cc3)O2)c1OC(C)=O. The lowest BCUT2D eigenvalue weighted by molar-refractivity contribution is -0.135. The molecule has 1 aliphatic heterocycles. The van der Waals surface area contributed by atoms with E-state index in [0.29, 0.717) is 21.9 Å². The van der Waals surface area contributed by atoms with E-state index in [1.807, 2.05) is 0 Å². The Hall–Kier alpha value is -3.06. The predicted molar refractivity (Wildman–Crippen MR) is 98.6 cm³/mol. The molecule has 8 heteroatoms. The molecule has 1 unspecified atom stereocenters. The Morgan fingerprint density at radius 1 is 1.15 bits per heavy atom. The Kier molecular flexibility index (Phi) is 5.32. The molecule has 0 saturated carbocycles. The van der Waals surface area contributed by atoms with Crippen molar-refractivity contribution in [2.24, 2.45) is 5.10 Å². The summed E-state index contributed by atoms with van der Waals surface area (Å²) >= 11 is 5.93. The summed E-state index contributed by atoms with van der Waals surface area (Å²) in [4.78, 5) is 23.6. The molecule has 0 aromatic heterocycles. The summed E-state index contributed by atoms with van der Waals surface area (Å²) in [5.41, 5.74) is 1.09. The number of esters is 1. The lowest BCUT2D eigenvalue weighted by Gasteiger charge is -2.19. The van der Waals surface area contributed by atoms with E-state index >= 15 is 0 Å². The average molecular weight is 389 g/mol. The maximum atomic E-state index is 12.1. The number of nitrogens with zero attached hydrogens (tertiary/aromatic N) is 2. The van der Waals surface area contributed by atoms with Crippen LogP contribution in [0.4, 0.5) is 0 Å². The number of carbonyl (C=O) groups excluding carboxylic acids is 2. The molecule has 2 aromatic rings. The molecule has 0 radical (unpaired) electrons. The van der Waals surface area contributed by atoms with Gasteiger partial charge in [0.2, 0.25) is 18.0 Å². The van der Waals surface area contributed by atoms with Gasteiger partial charge in [0.15, 0.2) is 11.5 Å². The van der Waals surface area contributed by atoms with Crippen molar-refractivity contribution in [1.29, 1.82) is 0 Å². The van der Waals surface area contributed by atoms with Crippen LogP contribution in [0.15, 0.2) is 47.6 Å². The second-order valence-corrected chi connectivity index (χ2v) is 6.16. The number of benzene rings is 2. The molecule has 0 fully saturated rings. The summed E-state index contributed by atoms with van der Waals surface area (Å²) in [5, 5.41) is 6.06. The van der Waals surface area contributed by atoms with Gasteiger partial charge < -0.3 is 14.2 Å². The molecular formula is C19H17ClN2O5. The number of para-hydroxylation sites is 1. The van der Waals surface area contributed by atoms with Crippen LogP contribution in [0.2, 0.25) is 5.02 Å². The molecule has 1 heterocycles. The number of rotatable bonds is 4. The van der Waals surface area contributed by atoms with Gasteiger partial charge >= 0.3 is 5.97 Å². The van der Waals surface area contributed by atoms with E-state index in [2.05, 4.69) is 5.10 Å². The van der Waals surface area contributed by atoms with Crippen molar-refractivity contribution in [3.8, 4) is 11.5 Å². The Morgan fingerprint density at radius 2 is 1.85 bits per heavy atom. The van der Waals surface area contributed by atoms with Crippen LogP contribution in [-0.4, -0.2) is 29.9 Å². The number of amides is 1. The zero-order valence-corrected chi connectivity index (χ0v) is 15.7. The van der Waals surface area contributed by atoms with Crippen LogP contribution < -0.4 is 9.47 Å². The summed E-state index contributed by atoms with van der Waals surface area (Å²) in [6, 6.07) is 11.9. The Morgan fingerprint density at radius 3 is 2.44 bits per heavy atom. The molecule has 7 nitrogen and oxygen atoms in total. The number of carbonyl (C=O) groups is 2. The van der Waals surface area contributed by atoms with Gasteiger partial charge in [-0.2, -0.15) is 5.01 Å². The fourth-order valence-electron chi connectivity index (χ4n) is 2.61. The predicted octanol–water partition coefficient (Wildman–Crippen LogP) is 3.51. The Labute approximate surface area is 161 Å². The first-order valence-corrected chi connectivity index (χ1v) is 8.45. The monoisotopic (exact) mass is 388 g/mol. The molecule has 0 spiro atoms. The molecule has 2 aromatic carbocycles. The molecule has 0 saturated heterocycles. The summed E-state index contributed by atoms with van der Waals surface area (Å²) in [7, 11) is 1.46. The van der Waals surface area contributed by atoms with Crippen molar-refractivity contribution in [3.05, 3.63) is 58.6 Å². The van der Waals surface area contributed by atoms with E-state index in [0.717, 1.165) is 0 Å². The van der Waals surface area contributed by atoms with Gasteiger partial charge in [-0.05, 0) is 24.3 Å². The van der Waals surface area contributed by atoms with Crippen molar-refractivity contribution >= 4 is 29.4 Å².